The molecule has 0 radical (unpaired) electrons. The summed E-state index contributed by atoms with van der Waals surface area (Å²) in [7, 11) is 0. The Morgan fingerprint density at radius 1 is 1.04 bits per heavy atom. The number of carbonyl (C=O) groups is 2. The Morgan fingerprint density at radius 3 is 2.51 bits per heavy atom. The number of Topliss-reactive ketones (excluding diaryl/α,β-unsaturated/α-hetero) is 1. The molecule has 1 aliphatic rings. The molecule has 0 fully saturated rings. The number of rotatable bonds is 14. The summed E-state index contributed by atoms with van der Waals surface area (Å²) < 4.78 is 12.6. The molecule has 236 valence electrons. The molecule has 9 nitrogen and oxygen atoms in total. The second kappa shape index (κ2) is 14.8. The van der Waals surface area contributed by atoms with Crippen molar-refractivity contribution in [2.75, 3.05) is 18.1 Å². The summed E-state index contributed by atoms with van der Waals surface area (Å²) in [6.45, 7) is 8.48. The van der Waals surface area contributed by atoms with Crippen LogP contribution in [0.2, 0.25) is 5.02 Å². The fraction of sp³-hybridized carbons (Fsp3) is 0.344. The van der Waals surface area contributed by atoms with E-state index in [2.05, 4.69) is 22.1 Å². The van der Waals surface area contributed by atoms with Crippen LogP contribution in [0.1, 0.15) is 70.7 Å². The Balaban J connectivity index is 1.52. The number of amides is 1. The number of unbranched alkanes of at least 4 members (excludes halogenated alkanes) is 2. The molecule has 0 aliphatic carbocycles. The van der Waals surface area contributed by atoms with Crippen LogP contribution >= 0.6 is 46.0 Å². The topological polar surface area (TPSA) is 115 Å². The molecule has 1 amide bonds. The second-order valence-corrected chi connectivity index (χ2v) is 14.1. The quantitative estimate of drug-likeness (QED) is 0.0606. The van der Waals surface area contributed by atoms with E-state index in [1.165, 1.54) is 39.3 Å². The Morgan fingerprint density at radius 2 is 1.82 bits per heavy atom. The molecular formula is C32H33ClN4O5S3. The standard InChI is InChI=1S/C32H33ClN4O5S3/c1-5-7-8-15-42-23-14-11-21(16-24(23)41-6-2)26-25(27(38)29-18(3)34-19(4)44-29)28(39)30(40)37(26)31-35-36-32(45-31)43-17-20-9-12-22(33)13-10-20/h9-14,16,26,39H,5-8,15,17H2,1-4H3. The van der Waals surface area contributed by atoms with Gasteiger partial charge in [0.25, 0.3) is 5.91 Å². The van der Waals surface area contributed by atoms with E-state index in [-0.39, 0.29) is 10.7 Å². The summed E-state index contributed by atoms with van der Waals surface area (Å²) in [5, 5.41) is 21.5. The van der Waals surface area contributed by atoms with Crippen LogP contribution in [-0.4, -0.2) is 45.2 Å². The SMILES string of the molecule is CCCCCOc1ccc(C2C(C(=O)c3sc(C)nc3C)=C(O)C(=O)N2c2nnc(SCc3ccc(Cl)cc3)s2)cc1OCC. The van der Waals surface area contributed by atoms with Gasteiger partial charge in [0.05, 0.1) is 40.4 Å². The third kappa shape index (κ3) is 7.35. The number of aromatic nitrogens is 3. The van der Waals surface area contributed by atoms with Gasteiger partial charge in [0, 0.05) is 10.8 Å². The number of benzene rings is 2. The van der Waals surface area contributed by atoms with Crippen LogP contribution < -0.4 is 14.4 Å². The van der Waals surface area contributed by atoms with Gasteiger partial charge in [-0.15, -0.1) is 21.5 Å². The lowest BCUT2D eigenvalue weighted by molar-refractivity contribution is -0.117. The zero-order valence-corrected chi connectivity index (χ0v) is 28.5. The van der Waals surface area contributed by atoms with E-state index in [4.69, 9.17) is 21.1 Å². The van der Waals surface area contributed by atoms with Gasteiger partial charge < -0.3 is 14.6 Å². The first kappa shape index (κ1) is 32.9. The van der Waals surface area contributed by atoms with E-state index in [9.17, 15) is 14.7 Å². The van der Waals surface area contributed by atoms with E-state index in [0.717, 1.165) is 24.8 Å². The number of aryl methyl sites for hydroxylation is 2. The van der Waals surface area contributed by atoms with Crippen molar-refractivity contribution in [3.63, 3.8) is 0 Å². The number of anilines is 1. The van der Waals surface area contributed by atoms with Gasteiger partial charge in [-0.05, 0) is 62.6 Å². The summed E-state index contributed by atoms with van der Waals surface area (Å²) in [4.78, 5) is 33.9. The number of thiazole rings is 1. The molecule has 1 N–H and O–H groups in total. The lowest BCUT2D eigenvalue weighted by atomic mass is 9.95. The summed E-state index contributed by atoms with van der Waals surface area (Å²) in [5.41, 5.74) is 2.11. The molecule has 2 aromatic heterocycles. The predicted octanol–water partition coefficient (Wildman–Crippen LogP) is 8.31. The number of aliphatic hydroxyl groups is 1. The maximum Gasteiger partial charge on any atom is 0.296 e. The fourth-order valence-electron chi connectivity index (χ4n) is 4.91. The first-order valence-corrected chi connectivity index (χ1v) is 17.6. The molecule has 45 heavy (non-hydrogen) atoms. The summed E-state index contributed by atoms with van der Waals surface area (Å²) in [5.74, 6) is -0.143. The third-order valence-electron chi connectivity index (χ3n) is 7.03. The summed E-state index contributed by atoms with van der Waals surface area (Å²) in [6.07, 6.45) is 3.03. The monoisotopic (exact) mass is 684 g/mol. The zero-order valence-electron chi connectivity index (χ0n) is 25.3. The van der Waals surface area contributed by atoms with Crippen molar-refractivity contribution in [2.45, 2.75) is 63.1 Å². The molecule has 1 aliphatic heterocycles. The first-order valence-electron chi connectivity index (χ1n) is 14.6. The minimum Gasteiger partial charge on any atom is -0.503 e. The zero-order chi connectivity index (χ0) is 32.1. The highest BCUT2D eigenvalue weighted by atomic mass is 35.5. The number of carbonyl (C=O) groups excluding carboxylic acids is 2. The number of thioether (sulfide) groups is 1. The molecule has 5 rings (SSSR count). The molecule has 0 bridgehead atoms. The lowest BCUT2D eigenvalue weighted by Gasteiger charge is -2.25. The number of nitrogens with zero attached hydrogens (tertiary/aromatic N) is 4. The lowest BCUT2D eigenvalue weighted by Crippen LogP contribution is -2.31. The minimum atomic E-state index is -0.984. The molecule has 0 saturated carbocycles. The highest BCUT2D eigenvalue weighted by Crippen LogP contribution is 2.46. The minimum absolute atomic E-state index is 0.0450. The molecule has 0 saturated heterocycles. The van der Waals surface area contributed by atoms with Gasteiger partial charge in [0.2, 0.25) is 10.9 Å². The van der Waals surface area contributed by atoms with Gasteiger partial charge in [-0.3, -0.25) is 14.5 Å². The van der Waals surface area contributed by atoms with Crippen LogP contribution in [0.15, 0.2) is 58.1 Å². The number of ketones is 1. The van der Waals surface area contributed by atoms with Gasteiger partial charge in [-0.25, -0.2) is 4.98 Å². The molecule has 1 unspecified atom stereocenters. The maximum atomic E-state index is 14.0. The Kier molecular flexibility index (Phi) is 10.8. The molecule has 13 heteroatoms. The average molecular weight is 685 g/mol. The third-order valence-corrected chi connectivity index (χ3v) is 10.5. The average Bonchev–Trinajstić information content (AvgIpc) is 3.70. The number of hydrogen-bond donors (Lipinski definition) is 1. The number of ether oxygens (including phenoxy) is 2. The van der Waals surface area contributed by atoms with Crippen molar-refractivity contribution >= 4 is 62.9 Å². The Labute approximate surface area is 279 Å². The van der Waals surface area contributed by atoms with Gasteiger partial charge in [0.15, 0.2) is 21.6 Å². The van der Waals surface area contributed by atoms with Crippen molar-refractivity contribution in [2.24, 2.45) is 0 Å². The van der Waals surface area contributed by atoms with Crippen LogP contribution in [0.3, 0.4) is 0 Å². The van der Waals surface area contributed by atoms with Crippen LogP contribution in [0.5, 0.6) is 11.5 Å². The predicted molar refractivity (Wildman–Crippen MR) is 179 cm³/mol. The Hall–Kier alpha value is -3.45. The van der Waals surface area contributed by atoms with E-state index >= 15 is 0 Å². The normalized spacial score (nSPS) is 14.8. The van der Waals surface area contributed by atoms with Crippen LogP contribution in [0.4, 0.5) is 5.13 Å². The highest BCUT2D eigenvalue weighted by Gasteiger charge is 2.47. The molecule has 4 aromatic rings. The number of aliphatic hydroxyl groups excluding tert-OH is 1. The van der Waals surface area contributed by atoms with Crippen molar-refractivity contribution in [3.8, 4) is 11.5 Å². The molecular weight excluding hydrogens is 652 g/mol. The molecule has 1 atom stereocenters. The van der Waals surface area contributed by atoms with Gasteiger partial charge >= 0.3 is 0 Å². The van der Waals surface area contributed by atoms with Crippen molar-refractivity contribution in [3.05, 3.63) is 85.5 Å². The summed E-state index contributed by atoms with van der Waals surface area (Å²) in [6, 6.07) is 11.9. The van der Waals surface area contributed by atoms with E-state index in [1.54, 1.807) is 25.1 Å². The maximum absolute atomic E-state index is 14.0. The number of halogens is 1. The summed E-state index contributed by atoms with van der Waals surface area (Å²) >= 11 is 9.92. The highest BCUT2D eigenvalue weighted by molar-refractivity contribution is 8.00. The first-order chi connectivity index (χ1) is 21.7. The van der Waals surface area contributed by atoms with Crippen molar-refractivity contribution in [1.29, 1.82) is 0 Å². The molecule has 2 aromatic carbocycles. The largest absolute Gasteiger partial charge is 0.503 e. The molecule has 3 heterocycles. The van der Waals surface area contributed by atoms with Crippen molar-refractivity contribution < 1.29 is 24.2 Å². The van der Waals surface area contributed by atoms with Crippen LogP contribution in [0, 0.1) is 13.8 Å². The van der Waals surface area contributed by atoms with Crippen LogP contribution in [-0.2, 0) is 10.5 Å². The fourth-order valence-corrected chi connectivity index (χ4v) is 7.74. The van der Waals surface area contributed by atoms with E-state index in [1.807, 2.05) is 38.1 Å². The van der Waals surface area contributed by atoms with Crippen molar-refractivity contribution in [1.82, 2.24) is 15.2 Å². The number of hydrogen-bond acceptors (Lipinski definition) is 11. The smallest absolute Gasteiger partial charge is 0.296 e. The van der Waals surface area contributed by atoms with Crippen LogP contribution in [0.25, 0.3) is 0 Å². The van der Waals surface area contributed by atoms with Gasteiger partial charge in [-0.1, -0.05) is 72.7 Å². The van der Waals surface area contributed by atoms with E-state index in [0.29, 0.717) is 61.0 Å². The second-order valence-electron chi connectivity index (χ2n) is 10.3. The van der Waals surface area contributed by atoms with Gasteiger partial charge in [-0.2, -0.15) is 0 Å². The Bertz CT molecular complexity index is 1720. The van der Waals surface area contributed by atoms with Gasteiger partial charge in [0.1, 0.15) is 0 Å². The molecule has 0 spiro atoms. The van der Waals surface area contributed by atoms with E-state index < -0.39 is 23.5 Å².